The van der Waals surface area contributed by atoms with Gasteiger partial charge in [0.15, 0.2) is 0 Å². The summed E-state index contributed by atoms with van der Waals surface area (Å²) in [7, 11) is -3.85. The molecule has 3 aromatic carbocycles. The summed E-state index contributed by atoms with van der Waals surface area (Å²) in [5.74, 6) is 0.256. The summed E-state index contributed by atoms with van der Waals surface area (Å²) in [4.78, 5) is 15.1. The van der Waals surface area contributed by atoms with E-state index in [1.54, 1.807) is 54.6 Å². The summed E-state index contributed by atoms with van der Waals surface area (Å²) in [5.41, 5.74) is 2.49. The van der Waals surface area contributed by atoms with Crippen LogP contribution >= 0.6 is 23.2 Å². The Bertz CT molecular complexity index is 1380. The van der Waals surface area contributed by atoms with Crippen LogP contribution in [0.25, 0.3) is 0 Å². The molecule has 3 aromatic rings. The zero-order valence-electron chi connectivity index (χ0n) is 19.5. The third kappa shape index (κ3) is 5.64. The lowest BCUT2D eigenvalue weighted by molar-refractivity contribution is 0.0981. The van der Waals surface area contributed by atoms with E-state index >= 15 is 0 Å². The summed E-state index contributed by atoms with van der Waals surface area (Å²) < 4.78 is 33.7. The van der Waals surface area contributed by atoms with Crippen LogP contribution in [0.3, 0.4) is 0 Å². The van der Waals surface area contributed by atoms with E-state index in [-0.39, 0.29) is 17.4 Å². The molecule has 1 aliphatic heterocycles. The Hall–Kier alpha value is -2.74. The zero-order chi connectivity index (χ0) is 25.3. The molecule has 9 heteroatoms. The van der Waals surface area contributed by atoms with Gasteiger partial charge < -0.3 is 9.64 Å². The van der Waals surface area contributed by atoms with Crippen molar-refractivity contribution < 1.29 is 17.9 Å². The fourth-order valence-electron chi connectivity index (χ4n) is 4.61. The Kier molecular flexibility index (Phi) is 7.15. The van der Waals surface area contributed by atoms with Crippen LogP contribution in [0.5, 0.6) is 5.75 Å². The number of anilines is 1. The van der Waals surface area contributed by atoms with Crippen LogP contribution in [0.15, 0.2) is 66.7 Å². The van der Waals surface area contributed by atoms with Gasteiger partial charge in [-0.05, 0) is 54.7 Å². The predicted molar refractivity (Wildman–Crippen MR) is 142 cm³/mol. The van der Waals surface area contributed by atoms with Crippen molar-refractivity contribution in [2.45, 2.75) is 31.1 Å². The van der Waals surface area contributed by atoms with Crippen molar-refractivity contribution in [1.82, 2.24) is 4.72 Å². The molecule has 1 saturated carbocycles. The average Bonchev–Trinajstić information content (AvgIpc) is 2.81. The van der Waals surface area contributed by atoms with E-state index in [2.05, 4.69) is 9.62 Å². The standard InChI is InChI=1S/C27H26Cl2N2O4S/c28-21-10-11-22(23(29)14-21)26-16-31(15-18-7-4-8-18)24-13-20(9-12-25(24)35-26)27(32)30-36(33,34)17-19-5-2-1-3-6-19/h1-3,5-6,9-14,18,26H,4,7-8,15-17H2,(H,30,32)/t26-/m1/s1. The number of ether oxygens (including phenoxy) is 1. The number of carbonyl (C=O) groups is 1. The molecule has 0 spiro atoms. The van der Waals surface area contributed by atoms with Gasteiger partial charge in [0.25, 0.3) is 5.91 Å². The van der Waals surface area contributed by atoms with Crippen LogP contribution in [0, 0.1) is 5.92 Å². The van der Waals surface area contributed by atoms with E-state index in [1.165, 1.54) is 6.42 Å². The molecule has 1 amide bonds. The van der Waals surface area contributed by atoms with Gasteiger partial charge in [0.05, 0.1) is 18.0 Å². The van der Waals surface area contributed by atoms with Crippen molar-refractivity contribution in [3.63, 3.8) is 0 Å². The van der Waals surface area contributed by atoms with Crippen LogP contribution in [-0.2, 0) is 15.8 Å². The van der Waals surface area contributed by atoms with Gasteiger partial charge in [-0.25, -0.2) is 13.1 Å². The number of fused-ring (bicyclic) bond motifs is 1. The van der Waals surface area contributed by atoms with Crippen molar-refractivity contribution >= 4 is 44.8 Å². The van der Waals surface area contributed by atoms with E-state index in [9.17, 15) is 13.2 Å². The van der Waals surface area contributed by atoms with E-state index < -0.39 is 15.9 Å². The summed E-state index contributed by atoms with van der Waals surface area (Å²) in [6.07, 6.45) is 3.25. The number of hydrogen-bond donors (Lipinski definition) is 1. The Morgan fingerprint density at radius 1 is 1.03 bits per heavy atom. The minimum absolute atomic E-state index is 0.260. The Morgan fingerprint density at radius 3 is 2.50 bits per heavy atom. The first-order chi connectivity index (χ1) is 17.3. The van der Waals surface area contributed by atoms with E-state index in [0.717, 1.165) is 30.6 Å². The van der Waals surface area contributed by atoms with Crippen molar-refractivity contribution in [3.8, 4) is 5.75 Å². The fourth-order valence-corrected chi connectivity index (χ4v) is 6.24. The highest BCUT2D eigenvalue weighted by molar-refractivity contribution is 7.89. The summed E-state index contributed by atoms with van der Waals surface area (Å²) in [6, 6.07) is 19.1. The maximum Gasteiger partial charge on any atom is 0.264 e. The molecule has 188 valence electrons. The van der Waals surface area contributed by atoms with Gasteiger partial charge in [0, 0.05) is 27.7 Å². The molecular weight excluding hydrogens is 519 g/mol. The second-order valence-corrected chi connectivity index (χ2v) is 11.9. The van der Waals surface area contributed by atoms with Crippen molar-refractivity contribution in [2.75, 3.05) is 18.0 Å². The summed E-state index contributed by atoms with van der Waals surface area (Å²) in [6.45, 7) is 1.39. The van der Waals surface area contributed by atoms with Crippen molar-refractivity contribution in [2.24, 2.45) is 5.92 Å². The summed E-state index contributed by atoms with van der Waals surface area (Å²) in [5, 5.41) is 1.10. The smallest absolute Gasteiger partial charge is 0.264 e. The largest absolute Gasteiger partial charge is 0.482 e. The number of carbonyl (C=O) groups excluding carboxylic acids is 1. The molecule has 6 nitrogen and oxygen atoms in total. The maximum absolute atomic E-state index is 12.9. The van der Waals surface area contributed by atoms with Crippen LogP contribution in [-0.4, -0.2) is 27.4 Å². The number of nitrogens with zero attached hydrogens (tertiary/aromatic N) is 1. The number of nitrogens with one attached hydrogen (secondary N) is 1. The number of amides is 1. The molecule has 36 heavy (non-hydrogen) atoms. The van der Waals surface area contributed by atoms with Gasteiger partial charge >= 0.3 is 0 Å². The Balaban J connectivity index is 1.39. The molecule has 1 aliphatic carbocycles. The van der Waals surface area contributed by atoms with Gasteiger partial charge in [0.1, 0.15) is 11.9 Å². The van der Waals surface area contributed by atoms with Crippen LogP contribution in [0.4, 0.5) is 5.69 Å². The SMILES string of the molecule is O=C(NS(=O)(=O)Cc1ccccc1)c1ccc2c(c1)N(CC1CCC1)C[C@H](c1ccc(Cl)cc1Cl)O2. The number of halogens is 2. The molecule has 5 rings (SSSR count). The molecule has 1 heterocycles. The topological polar surface area (TPSA) is 75.7 Å². The third-order valence-electron chi connectivity index (χ3n) is 6.68. The first-order valence-electron chi connectivity index (χ1n) is 11.9. The third-order valence-corrected chi connectivity index (χ3v) is 8.45. The Labute approximate surface area is 221 Å². The number of sulfonamides is 1. The second-order valence-electron chi connectivity index (χ2n) is 9.33. The minimum Gasteiger partial charge on any atom is -0.482 e. The molecule has 0 unspecified atom stereocenters. The molecular formula is C27H26Cl2N2O4S. The van der Waals surface area contributed by atoms with Crippen molar-refractivity contribution in [1.29, 1.82) is 0 Å². The monoisotopic (exact) mass is 544 g/mol. The average molecular weight is 545 g/mol. The van der Waals surface area contributed by atoms with E-state index in [4.69, 9.17) is 27.9 Å². The van der Waals surface area contributed by atoms with Gasteiger partial charge in [0.2, 0.25) is 10.0 Å². The highest BCUT2D eigenvalue weighted by Gasteiger charge is 2.32. The highest BCUT2D eigenvalue weighted by atomic mass is 35.5. The van der Waals surface area contributed by atoms with Gasteiger partial charge in [-0.1, -0.05) is 66.0 Å². The summed E-state index contributed by atoms with van der Waals surface area (Å²) >= 11 is 12.6. The quantitative estimate of drug-likeness (QED) is 0.395. The maximum atomic E-state index is 12.9. The number of rotatable bonds is 7. The minimum atomic E-state index is -3.85. The normalized spacial score (nSPS) is 17.6. The van der Waals surface area contributed by atoms with Crippen LogP contribution in [0.1, 0.15) is 46.9 Å². The second kappa shape index (κ2) is 10.3. The van der Waals surface area contributed by atoms with Crippen molar-refractivity contribution in [3.05, 3.63) is 93.5 Å². The molecule has 2 aliphatic rings. The number of hydrogen-bond acceptors (Lipinski definition) is 5. The fraction of sp³-hybridized carbons (Fsp3) is 0.296. The zero-order valence-corrected chi connectivity index (χ0v) is 21.8. The number of benzene rings is 3. The predicted octanol–water partition coefficient (Wildman–Crippen LogP) is 5.99. The van der Waals surface area contributed by atoms with Crippen LogP contribution < -0.4 is 14.4 Å². The molecule has 1 atom stereocenters. The van der Waals surface area contributed by atoms with Crippen LogP contribution in [0.2, 0.25) is 10.0 Å². The first kappa shape index (κ1) is 24.9. The highest BCUT2D eigenvalue weighted by Crippen LogP contribution is 2.42. The lowest BCUT2D eigenvalue weighted by Gasteiger charge is -2.40. The van der Waals surface area contributed by atoms with E-state index in [1.807, 2.05) is 12.1 Å². The Morgan fingerprint density at radius 2 is 1.81 bits per heavy atom. The molecule has 0 saturated heterocycles. The van der Waals surface area contributed by atoms with Gasteiger partial charge in [-0.2, -0.15) is 0 Å². The first-order valence-corrected chi connectivity index (χ1v) is 14.3. The molecule has 1 fully saturated rings. The lowest BCUT2D eigenvalue weighted by Crippen LogP contribution is -2.40. The van der Waals surface area contributed by atoms with Gasteiger partial charge in [-0.3, -0.25) is 4.79 Å². The molecule has 0 bridgehead atoms. The lowest BCUT2D eigenvalue weighted by atomic mass is 9.84. The molecule has 1 N–H and O–H groups in total. The molecule has 0 aromatic heterocycles. The van der Waals surface area contributed by atoms with E-state index in [0.29, 0.717) is 33.8 Å². The molecule has 0 radical (unpaired) electrons. The van der Waals surface area contributed by atoms with Gasteiger partial charge in [-0.15, -0.1) is 0 Å².